The lowest BCUT2D eigenvalue weighted by atomic mass is 10.1. The summed E-state index contributed by atoms with van der Waals surface area (Å²) in [5, 5.41) is 0. The van der Waals surface area contributed by atoms with Gasteiger partial charge in [-0.3, -0.25) is 4.79 Å². The van der Waals surface area contributed by atoms with E-state index in [1.807, 2.05) is 0 Å². The highest BCUT2D eigenvalue weighted by molar-refractivity contribution is 9.12. The van der Waals surface area contributed by atoms with Crippen molar-refractivity contribution in [3.63, 3.8) is 0 Å². The van der Waals surface area contributed by atoms with E-state index in [0.29, 0.717) is 5.56 Å². The minimum atomic E-state index is -3.48. The normalized spacial score (nSPS) is 15.4. The second kappa shape index (κ2) is 4.67. The number of rotatable bonds is 4. The van der Waals surface area contributed by atoms with Crippen LogP contribution in [0.1, 0.15) is 24.2 Å². The third-order valence-electron chi connectivity index (χ3n) is 2.41. The molecule has 0 N–H and O–H groups in total. The average Bonchev–Trinajstić information content (AvgIpc) is 2.29. The van der Waals surface area contributed by atoms with Gasteiger partial charge in [0.2, 0.25) is 0 Å². The van der Waals surface area contributed by atoms with E-state index in [1.54, 1.807) is 30.3 Å². The van der Waals surface area contributed by atoms with Crippen LogP contribution in [0.5, 0.6) is 0 Å². The summed E-state index contributed by atoms with van der Waals surface area (Å²) in [6.07, 6.45) is 0. The number of hydrogen-bond acceptors (Lipinski definition) is 3. The molecule has 0 bridgehead atoms. The van der Waals surface area contributed by atoms with E-state index in [4.69, 9.17) is 0 Å². The lowest BCUT2D eigenvalue weighted by Gasteiger charge is -2.20. The molecule has 0 aromatic heterocycles. The lowest BCUT2D eigenvalue weighted by Crippen LogP contribution is -2.38. The Morgan fingerprint density at radius 2 is 1.81 bits per heavy atom. The van der Waals surface area contributed by atoms with Crippen LogP contribution in [0.15, 0.2) is 30.3 Å². The number of carbonyl (C=O) groups excluding carboxylic acids is 1. The highest BCUT2D eigenvalue weighted by Gasteiger charge is 2.42. The molecule has 0 radical (unpaired) electrons. The van der Waals surface area contributed by atoms with Gasteiger partial charge in [0.15, 0.2) is 19.3 Å². The third-order valence-corrected chi connectivity index (χ3v) is 6.36. The van der Waals surface area contributed by atoms with Crippen LogP contribution in [0.25, 0.3) is 0 Å². The Labute approximate surface area is 104 Å². The Hall–Kier alpha value is -0.680. The predicted molar refractivity (Wildman–Crippen MR) is 67.6 cm³/mol. The molecular formula is C11H13BrO3S. The third kappa shape index (κ3) is 2.35. The average molecular weight is 305 g/mol. The van der Waals surface area contributed by atoms with Crippen molar-refractivity contribution in [2.24, 2.45) is 0 Å². The number of sulfone groups is 1. The molecule has 0 spiro atoms. The van der Waals surface area contributed by atoms with Crippen molar-refractivity contribution < 1.29 is 13.2 Å². The van der Waals surface area contributed by atoms with Gasteiger partial charge in [0.05, 0.1) is 0 Å². The summed E-state index contributed by atoms with van der Waals surface area (Å²) < 4.78 is 22.0. The first-order valence-electron chi connectivity index (χ1n) is 4.84. The Morgan fingerprint density at radius 1 is 1.31 bits per heavy atom. The zero-order valence-electron chi connectivity index (χ0n) is 9.10. The minimum Gasteiger partial charge on any atom is -0.291 e. The van der Waals surface area contributed by atoms with Gasteiger partial charge in [-0.2, -0.15) is 0 Å². The van der Waals surface area contributed by atoms with Gasteiger partial charge < -0.3 is 0 Å². The molecule has 1 rings (SSSR count). The molecular weight excluding hydrogens is 292 g/mol. The molecule has 5 heteroatoms. The summed E-state index contributed by atoms with van der Waals surface area (Å²) in [6.45, 7) is 2.90. The fourth-order valence-electron chi connectivity index (χ4n) is 1.26. The van der Waals surface area contributed by atoms with E-state index in [-0.39, 0.29) is 5.75 Å². The molecule has 1 aromatic carbocycles. The molecule has 0 heterocycles. The number of carbonyl (C=O) groups is 1. The van der Waals surface area contributed by atoms with Gasteiger partial charge in [0.25, 0.3) is 0 Å². The summed E-state index contributed by atoms with van der Waals surface area (Å²) in [4.78, 5) is 12.0. The standard InChI is InChI=1S/C11H13BrO3S/c1-3-16(14,15)11(2,12)10(13)9-7-5-4-6-8-9/h4-8H,3H2,1-2H3/t11-/m1/s1. The molecule has 0 amide bonds. The van der Waals surface area contributed by atoms with Gasteiger partial charge in [0.1, 0.15) is 0 Å². The van der Waals surface area contributed by atoms with Crippen molar-refractivity contribution in [3.8, 4) is 0 Å². The quantitative estimate of drug-likeness (QED) is 0.634. The van der Waals surface area contributed by atoms with Crippen molar-refractivity contribution in [1.82, 2.24) is 0 Å². The van der Waals surface area contributed by atoms with Gasteiger partial charge in [-0.1, -0.05) is 53.2 Å². The first-order valence-corrected chi connectivity index (χ1v) is 7.28. The molecule has 0 saturated carbocycles. The van der Waals surface area contributed by atoms with Crippen molar-refractivity contribution in [2.45, 2.75) is 17.5 Å². The molecule has 1 aromatic rings. The molecule has 88 valence electrons. The number of Topliss-reactive ketones (excluding diaryl/α,β-unsaturated/α-hetero) is 1. The maximum absolute atomic E-state index is 12.0. The minimum absolute atomic E-state index is 0.0761. The molecule has 0 saturated heterocycles. The smallest absolute Gasteiger partial charge is 0.194 e. The van der Waals surface area contributed by atoms with Gasteiger partial charge >= 0.3 is 0 Å². The highest BCUT2D eigenvalue weighted by atomic mass is 79.9. The van der Waals surface area contributed by atoms with Gasteiger partial charge in [-0.25, -0.2) is 8.42 Å². The fourth-order valence-corrected chi connectivity index (χ4v) is 3.12. The van der Waals surface area contributed by atoms with Crippen LogP contribution in [0.2, 0.25) is 0 Å². The Kier molecular flexibility index (Phi) is 3.91. The first kappa shape index (κ1) is 13.4. The van der Waals surface area contributed by atoms with E-state index in [2.05, 4.69) is 15.9 Å². The van der Waals surface area contributed by atoms with Crippen LogP contribution >= 0.6 is 15.9 Å². The SMILES string of the molecule is CCS(=O)(=O)[C@@](C)(Br)C(=O)c1ccccc1. The molecule has 0 fully saturated rings. The zero-order chi connectivity index (χ0) is 12.4. The van der Waals surface area contributed by atoms with Gasteiger partial charge in [-0.15, -0.1) is 0 Å². The molecule has 0 unspecified atom stereocenters. The van der Waals surface area contributed by atoms with Gasteiger partial charge in [-0.05, 0) is 6.92 Å². The maximum Gasteiger partial charge on any atom is 0.194 e. The molecule has 16 heavy (non-hydrogen) atoms. The van der Waals surface area contributed by atoms with E-state index in [9.17, 15) is 13.2 Å². The Balaban J connectivity index is 3.17. The molecule has 0 aliphatic heterocycles. The van der Waals surface area contributed by atoms with Crippen LogP contribution in [0.4, 0.5) is 0 Å². The number of ketones is 1. The van der Waals surface area contributed by atoms with Crippen molar-refractivity contribution in [3.05, 3.63) is 35.9 Å². The van der Waals surface area contributed by atoms with E-state index < -0.39 is 19.3 Å². The monoisotopic (exact) mass is 304 g/mol. The highest BCUT2D eigenvalue weighted by Crippen LogP contribution is 2.29. The number of benzene rings is 1. The summed E-state index contributed by atoms with van der Waals surface area (Å²) in [5.74, 6) is -0.511. The van der Waals surface area contributed by atoms with Crippen molar-refractivity contribution in [2.75, 3.05) is 5.75 Å². The van der Waals surface area contributed by atoms with Crippen LogP contribution in [0.3, 0.4) is 0 Å². The summed E-state index contributed by atoms with van der Waals surface area (Å²) in [5.41, 5.74) is 0.388. The van der Waals surface area contributed by atoms with Crippen molar-refractivity contribution in [1.29, 1.82) is 0 Å². The first-order chi connectivity index (χ1) is 7.33. The largest absolute Gasteiger partial charge is 0.291 e. The molecule has 0 aliphatic carbocycles. The summed E-state index contributed by atoms with van der Waals surface area (Å²) >= 11 is 3.03. The van der Waals surface area contributed by atoms with E-state index >= 15 is 0 Å². The van der Waals surface area contributed by atoms with Crippen molar-refractivity contribution >= 4 is 31.6 Å². The Morgan fingerprint density at radius 3 is 2.25 bits per heavy atom. The Bertz CT molecular complexity index is 477. The molecule has 0 aliphatic rings. The number of alkyl halides is 1. The number of hydrogen-bond donors (Lipinski definition) is 0. The maximum atomic E-state index is 12.0. The van der Waals surface area contributed by atoms with E-state index in [1.165, 1.54) is 13.8 Å². The number of halogens is 1. The molecule has 1 atom stereocenters. The second-order valence-electron chi connectivity index (χ2n) is 3.52. The second-order valence-corrected chi connectivity index (χ2v) is 8.25. The van der Waals surface area contributed by atoms with Crippen LogP contribution < -0.4 is 0 Å². The summed E-state index contributed by atoms with van der Waals surface area (Å²) in [7, 11) is -3.48. The van der Waals surface area contributed by atoms with Gasteiger partial charge in [0, 0.05) is 11.3 Å². The van der Waals surface area contributed by atoms with Crippen LogP contribution in [-0.4, -0.2) is 23.6 Å². The van der Waals surface area contributed by atoms with Crippen LogP contribution in [-0.2, 0) is 9.84 Å². The van der Waals surface area contributed by atoms with Crippen LogP contribution in [0, 0.1) is 0 Å². The van der Waals surface area contributed by atoms with E-state index in [0.717, 1.165) is 0 Å². The summed E-state index contributed by atoms with van der Waals surface area (Å²) in [6, 6.07) is 8.39. The topological polar surface area (TPSA) is 51.2 Å². The zero-order valence-corrected chi connectivity index (χ0v) is 11.5. The fraction of sp³-hybridized carbons (Fsp3) is 0.364. The predicted octanol–water partition coefficient (Wildman–Crippen LogP) is 2.42. The lowest BCUT2D eigenvalue weighted by molar-refractivity contribution is 0.0983. The molecule has 3 nitrogen and oxygen atoms in total.